The van der Waals surface area contributed by atoms with Gasteiger partial charge in [0.2, 0.25) is 0 Å². The summed E-state index contributed by atoms with van der Waals surface area (Å²) in [5, 5.41) is 8.83. The number of aliphatic hydroxyl groups excluding tert-OH is 1. The molecule has 0 aliphatic carbocycles. The van der Waals surface area contributed by atoms with Gasteiger partial charge in [0.1, 0.15) is 5.75 Å². The highest BCUT2D eigenvalue weighted by molar-refractivity contribution is 14.1. The lowest BCUT2D eigenvalue weighted by Gasteiger charge is -2.13. The molecule has 0 radical (unpaired) electrons. The van der Waals surface area contributed by atoms with Crippen LogP contribution >= 0.6 is 22.6 Å². The molecule has 3 N–H and O–H groups in total. The lowest BCUT2D eigenvalue weighted by atomic mass is 10.3. The molecule has 1 rings (SSSR count). The lowest BCUT2D eigenvalue weighted by molar-refractivity contribution is -0.275. The van der Waals surface area contributed by atoms with E-state index in [2.05, 4.69) is 9.72 Å². The largest absolute Gasteiger partial charge is 0.573 e. The van der Waals surface area contributed by atoms with Crippen molar-refractivity contribution >= 4 is 22.6 Å². The minimum Gasteiger partial charge on any atom is -0.405 e. The Labute approximate surface area is 103 Å². The Morgan fingerprint density at radius 3 is 2.56 bits per heavy atom. The van der Waals surface area contributed by atoms with Crippen molar-refractivity contribution in [1.82, 2.24) is 4.98 Å². The van der Waals surface area contributed by atoms with Crippen molar-refractivity contribution in [3.63, 3.8) is 0 Å². The van der Waals surface area contributed by atoms with Crippen LogP contribution in [-0.2, 0) is 13.2 Å². The van der Waals surface area contributed by atoms with Crippen molar-refractivity contribution in [3.8, 4) is 5.75 Å². The number of nitrogens with zero attached hydrogens (tertiary/aromatic N) is 1. The Kier molecular flexibility index (Phi) is 4.33. The number of aliphatic hydroxyl groups is 1. The van der Waals surface area contributed by atoms with Gasteiger partial charge in [0.05, 0.1) is 21.6 Å². The molecule has 90 valence electrons. The molecule has 0 unspecified atom stereocenters. The van der Waals surface area contributed by atoms with Crippen LogP contribution in [0.1, 0.15) is 11.4 Å². The highest BCUT2D eigenvalue weighted by Crippen LogP contribution is 2.29. The van der Waals surface area contributed by atoms with E-state index in [0.29, 0.717) is 0 Å². The number of rotatable bonds is 3. The zero-order valence-electron chi connectivity index (χ0n) is 7.88. The highest BCUT2D eigenvalue weighted by Gasteiger charge is 2.32. The highest BCUT2D eigenvalue weighted by atomic mass is 127. The molecule has 0 saturated heterocycles. The molecule has 4 nitrogen and oxygen atoms in total. The summed E-state index contributed by atoms with van der Waals surface area (Å²) in [5.41, 5.74) is 5.66. The molecule has 0 spiro atoms. The first-order valence-corrected chi connectivity index (χ1v) is 5.20. The van der Waals surface area contributed by atoms with E-state index in [1.165, 1.54) is 0 Å². The fourth-order valence-electron chi connectivity index (χ4n) is 1.03. The predicted octanol–water partition coefficient (Wildman–Crippen LogP) is 1.54. The van der Waals surface area contributed by atoms with Crippen molar-refractivity contribution in [2.75, 3.05) is 0 Å². The molecule has 0 bridgehead atoms. The normalized spacial score (nSPS) is 11.6. The van der Waals surface area contributed by atoms with Crippen molar-refractivity contribution in [2.45, 2.75) is 19.5 Å². The number of alkyl halides is 3. The van der Waals surface area contributed by atoms with Gasteiger partial charge in [-0.05, 0) is 22.6 Å². The third-order valence-corrected chi connectivity index (χ3v) is 2.78. The number of ether oxygens (including phenoxy) is 1. The molecule has 0 aromatic carbocycles. The first-order chi connectivity index (χ1) is 7.37. The molecule has 0 fully saturated rings. The van der Waals surface area contributed by atoms with Crippen LogP contribution in [0, 0.1) is 3.57 Å². The van der Waals surface area contributed by atoms with Gasteiger partial charge in [-0.3, -0.25) is 4.98 Å². The molecule has 1 aromatic heterocycles. The molecular formula is C8H8F3IN2O2. The van der Waals surface area contributed by atoms with E-state index in [1.54, 1.807) is 22.6 Å². The Hall–Kier alpha value is -0.610. The molecule has 16 heavy (non-hydrogen) atoms. The molecule has 0 atom stereocenters. The molecule has 1 aromatic rings. The van der Waals surface area contributed by atoms with Crippen LogP contribution in [0.25, 0.3) is 0 Å². The summed E-state index contributed by atoms with van der Waals surface area (Å²) >= 11 is 1.66. The van der Waals surface area contributed by atoms with Crippen LogP contribution in [0.5, 0.6) is 5.75 Å². The van der Waals surface area contributed by atoms with Crippen molar-refractivity contribution in [2.24, 2.45) is 5.73 Å². The fourth-order valence-corrected chi connectivity index (χ4v) is 1.63. The van der Waals surface area contributed by atoms with Gasteiger partial charge in [0.15, 0.2) is 0 Å². The molecule has 1 heterocycles. The summed E-state index contributed by atoms with van der Waals surface area (Å²) in [7, 11) is 0. The van der Waals surface area contributed by atoms with Crippen LogP contribution < -0.4 is 10.5 Å². The quantitative estimate of drug-likeness (QED) is 0.814. The molecule has 8 heteroatoms. The summed E-state index contributed by atoms with van der Waals surface area (Å²) in [6.45, 7) is -0.502. The minimum atomic E-state index is -4.78. The molecule has 0 aliphatic rings. The maximum atomic E-state index is 12.1. The van der Waals surface area contributed by atoms with E-state index in [1.807, 2.05) is 0 Å². The van der Waals surface area contributed by atoms with Crippen molar-refractivity contribution in [1.29, 1.82) is 0 Å². The van der Waals surface area contributed by atoms with E-state index in [4.69, 9.17) is 10.8 Å². The molecule has 0 aliphatic heterocycles. The van der Waals surface area contributed by atoms with Gasteiger partial charge in [0, 0.05) is 12.6 Å². The predicted molar refractivity (Wildman–Crippen MR) is 57.5 cm³/mol. The van der Waals surface area contributed by atoms with Gasteiger partial charge in [-0.1, -0.05) is 0 Å². The molecule has 0 saturated carbocycles. The minimum absolute atomic E-state index is 0.0274. The second kappa shape index (κ2) is 5.15. The van der Waals surface area contributed by atoms with Crippen LogP contribution in [0.3, 0.4) is 0 Å². The summed E-state index contributed by atoms with van der Waals surface area (Å²) < 4.78 is 40.2. The topological polar surface area (TPSA) is 68.4 Å². The van der Waals surface area contributed by atoms with Gasteiger partial charge in [-0.2, -0.15) is 0 Å². The van der Waals surface area contributed by atoms with Gasteiger partial charge in [-0.25, -0.2) is 0 Å². The number of aromatic nitrogens is 1. The standard InChI is InChI=1S/C8H8F3IN2O2/c9-8(10,11)16-6-1-4(3-15)14-5(2-13)7(6)12/h1,15H,2-3,13H2. The van der Waals surface area contributed by atoms with Crippen molar-refractivity contribution in [3.05, 3.63) is 21.0 Å². The van der Waals surface area contributed by atoms with Crippen LogP contribution in [0.4, 0.5) is 13.2 Å². The Morgan fingerprint density at radius 1 is 1.50 bits per heavy atom. The van der Waals surface area contributed by atoms with Crippen LogP contribution in [0.15, 0.2) is 6.07 Å². The summed E-state index contributed by atoms with van der Waals surface area (Å²) in [5.74, 6) is -0.396. The van der Waals surface area contributed by atoms with Gasteiger partial charge < -0.3 is 15.6 Å². The summed E-state index contributed by atoms with van der Waals surface area (Å²) in [4.78, 5) is 3.87. The van der Waals surface area contributed by atoms with E-state index in [0.717, 1.165) is 6.07 Å². The Balaban J connectivity index is 3.16. The van der Waals surface area contributed by atoms with E-state index < -0.39 is 18.7 Å². The maximum absolute atomic E-state index is 12.1. The van der Waals surface area contributed by atoms with E-state index in [-0.39, 0.29) is 21.5 Å². The van der Waals surface area contributed by atoms with E-state index >= 15 is 0 Å². The average molecular weight is 348 g/mol. The van der Waals surface area contributed by atoms with Crippen LogP contribution in [0.2, 0.25) is 0 Å². The second-order valence-corrected chi connectivity index (χ2v) is 3.86. The second-order valence-electron chi connectivity index (χ2n) is 2.78. The maximum Gasteiger partial charge on any atom is 0.573 e. The average Bonchev–Trinajstić information content (AvgIpc) is 2.19. The third kappa shape index (κ3) is 3.46. The Bertz CT molecular complexity index is 384. The number of halogens is 4. The van der Waals surface area contributed by atoms with E-state index in [9.17, 15) is 13.2 Å². The summed E-state index contributed by atoms with van der Waals surface area (Å²) in [6.07, 6.45) is -4.78. The van der Waals surface area contributed by atoms with Crippen molar-refractivity contribution < 1.29 is 23.0 Å². The van der Waals surface area contributed by atoms with Crippen LogP contribution in [-0.4, -0.2) is 16.5 Å². The number of nitrogens with two attached hydrogens (primary N) is 1. The first kappa shape index (κ1) is 13.5. The smallest absolute Gasteiger partial charge is 0.405 e. The zero-order chi connectivity index (χ0) is 12.3. The van der Waals surface area contributed by atoms with Gasteiger partial charge in [-0.15, -0.1) is 13.2 Å². The molecular weight excluding hydrogens is 340 g/mol. The summed E-state index contributed by atoms with van der Waals surface area (Å²) in [6, 6.07) is 1.04. The Morgan fingerprint density at radius 2 is 2.12 bits per heavy atom. The number of hydrogen-bond acceptors (Lipinski definition) is 4. The van der Waals surface area contributed by atoms with Gasteiger partial charge >= 0.3 is 6.36 Å². The third-order valence-electron chi connectivity index (χ3n) is 1.63. The number of hydrogen-bond donors (Lipinski definition) is 2. The lowest BCUT2D eigenvalue weighted by Crippen LogP contribution is -2.19. The number of pyridine rings is 1. The first-order valence-electron chi connectivity index (χ1n) is 4.12. The SMILES string of the molecule is NCc1nc(CO)cc(OC(F)(F)F)c1I. The monoisotopic (exact) mass is 348 g/mol. The van der Waals surface area contributed by atoms with Gasteiger partial charge in [0.25, 0.3) is 0 Å². The zero-order valence-corrected chi connectivity index (χ0v) is 10.0. The fraction of sp³-hybridized carbons (Fsp3) is 0.375. The molecule has 0 amide bonds.